The molecular formula is C20H28N2O5. The number of amides is 2. The maximum absolute atomic E-state index is 12.9. The second-order valence-corrected chi connectivity index (χ2v) is 6.59. The van der Waals surface area contributed by atoms with Crippen molar-refractivity contribution in [3.05, 3.63) is 29.8 Å². The summed E-state index contributed by atoms with van der Waals surface area (Å²) in [4.78, 5) is 38.5. The summed E-state index contributed by atoms with van der Waals surface area (Å²) in [6.45, 7) is 6.93. The number of piperazine rings is 1. The standard InChI is InChI=1S/C20H28N2O5/c1-4-12-26-18(23)13-17-19(24)21-10-11-22(17)20(25)15-6-8-16(9-7-15)27-14(3)5-2/h6-9,14,17H,4-5,10-13H2,1-3H3,(H,21,24). The highest BCUT2D eigenvalue weighted by Gasteiger charge is 2.35. The lowest BCUT2D eigenvalue weighted by molar-refractivity contribution is -0.147. The first kappa shape index (κ1) is 20.7. The van der Waals surface area contributed by atoms with Gasteiger partial charge in [-0.1, -0.05) is 13.8 Å². The van der Waals surface area contributed by atoms with Gasteiger partial charge >= 0.3 is 5.97 Å². The van der Waals surface area contributed by atoms with Gasteiger partial charge in [-0.15, -0.1) is 0 Å². The van der Waals surface area contributed by atoms with Crippen molar-refractivity contribution in [3.63, 3.8) is 0 Å². The molecule has 1 aromatic carbocycles. The number of carbonyl (C=O) groups excluding carboxylic acids is 3. The second-order valence-electron chi connectivity index (χ2n) is 6.59. The molecule has 2 atom stereocenters. The Morgan fingerprint density at radius 2 is 1.96 bits per heavy atom. The first-order valence-corrected chi connectivity index (χ1v) is 9.47. The summed E-state index contributed by atoms with van der Waals surface area (Å²) in [6.07, 6.45) is 1.54. The van der Waals surface area contributed by atoms with E-state index >= 15 is 0 Å². The minimum absolute atomic E-state index is 0.0934. The van der Waals surface area contributed by atoms with Crippen LogP contribution in [0.2, 0.25) is 0 Å². The summed E-state index contributed by atoms with van der Waals surface area (Å²) in [5.41, 5.74) is 0.452. The molecule has 1 aliphatic rings. The zero-order valence-electron chi connectivity index (χ0n) is 16.2. The Balaban J connectivity index is 2.09. The van der Waals surface area contributed by atoms with Gasteiger partial charge in [0.15, 0.2) is 0 Å². The molecule has 1 aromatic rings. The molecule has 27 heavy (non-hydrogen) atoms. The van der Waals surface area contributed by atoms with Crippen LogP contribution in [0.3, 0.4) is 0 Å². The van der Waals surface area contributed by atoms with Crippen LogP contribution in [0.25, 0.3) is 0 Å². The molecule has 0 spiro atoms. The summed E-state index contributed by atoms with van der Waals surface area (Å²) in [5, 5.41) is 2.71. The Kier molecular flexibility index (Phi) is 7.64. The number of nitrogens with one attached hydrogen (secondary N) is 1. The molecule has 0 saturated carbocycles. The highest BCUT2D eigenvalue weighted by atomic mass is 16.5. The van der Waals surface area contributed by atoms with E-state index in [1.54, 1.807) is 24.3 Å². The van der Waals surface area contributed by atoms with Crippen LogP contribution in [0.4, 0.5) is 0 Å². The van der Waals surface area contributed by atoms with Gasteiger partial charge < -0.3 is 19.7 Å². The maximum atomic E-state index is 12.9. The third-order valence-electron chi connectivity index (χ3n) is 4.43. The van der Waals surface area contributed by atoms with Crippen LogP contribution in [0.5, 0.6) is 5.75 Å². The highest BCUT2D eigenvalue weighted by Crippen LogP contribution is 2.19. The summed E-state index contributed by atoms with van der Waals surface area (Å²) in [6, 6.07) is 5.99. The van der Waals surface area contributed by atoms with Gasteiger partial charge in [0.05, 0.1) is 19.1 Å². The molecule has 1 heterocycles. The minimum atomic E-state index is -0.855. The number of carbonyl (C=O) groups is 3. The van der Waals surface area contributed by atoms with Crippen molar-refractivity contribution in [2.45, 2.75) is 52.2 Å². The summed E-state index contributed by atoms with van der Waals surface area (Å²) >= 11 is 0. The molecular weight excluding hydrogens is 348 g/mol. The van der Waals surface area contributed by atoms with Crippen LogP contribution in [0.15, 0.2) is 24.3 Å². The van der Waals surface area contributed by atoms with Gasteiger partial charge in [-0.3, -0.25) is 14.4 Å². The van der Waals surface area contributed by atoms with E-state index in [9.17, 15) is 14.4 Å². The van der Waals surface area contributed by atoms with Crippen LogP contribution in [0.1, 0.15) is 50.4 Å². The van der Waals surface area contributed by atoms with Crippen LogP contribution in [0, 0.1) is 0 Å². The lowest BCUT2D eigenvalue weighted by Gasteiger charge is -2.34. The molecule has 0 radical (unpaired) electrons. The number of nitrogens with zero attached hydrogens (tertiary/aromatic N) is 1. The number of benzene rings is 1. The molecule has 2 amide bonds. The summed E-state index contributed by atoms with van der Waals surface area (Å²) in [5.74, 6) is -0.404. The molecule has 1 saturated heterocycles. The fraction of sp³-hybridized carbons (Fsp3) is 0.550. The van der Waals surface area contributed by atoms with Crippen molar-refractivity contribution in [1.82, 2.24) is 10.2 Å². The van der Waals surface area contributed by atoms with E-state index in [1.807, 2.05) is 20.8 Å². The van der Waals surface area contributed by atoms with Gasteiger partial charge in [0.25, 0.3) is 5.91 Å². The van der Waals surface area contributed by atoms with Crippen molar-refractivity contribution in [2.75, 3.05) is 19.7 Å². The van der Waals surface area contributed by atoms with Crippen molar-refractivity contribution >= 4 is 17.8 Å². The van der Waals surface area contributed by atoms with E-state index < -0.39 is 12.0 Å². The predicted octanol–water partition coefficient (Wildman–Crippen LogP) is 2.15. The Morgan fingerprint density at radius 3 is 2.59 bits per heavy atom. The minimum Gasteiger partial charge on any atom is -0.491 e. The van der Waals surface area contributed by atoms with E-state index in [2.05, 4.69) is 5.32 Å². The second kappa shape index (κ2) is 9.94. The quantitative estimate of drug-likeness (QED) is 0.703. The average molecular weight is 376 g/mol. The molecule has 7 heteroatoms. The Morgan fingerprint density at radius 1 is 1.26 bits per heavy atom. The largest absolute Gasteiger partial charge is 0.491 e. The molecule has 1 aliphatic heterocycles. The fourth-order valence-corrected chi connectivity index (χ4v) is 2.75. The SMILES string of the molecule is CCCOC(=O)CC1C(=O)NCCN1C(=O)c1ccc(OC(C)CC)cc1. The lowest BCUT2D eigenvalue weighted by Crippen LogP contribution is -2.57. The summed E-state index contributed by atoms with van der Waals surface area (Å²) < 4.78 is 10.8. The van der Waals surface area contributed by atoms with Crippen LogP contribution >= 0.6 is 0 Å². The Hall–Kier alpha value is -2.57. The van der Waals surface area contributed by atoms with E-state index in [4.69, 9.17) is 9.47 Å². The average Bonchev–Trinajstić information content (AvgIpc) is 2.67. The van der Waals surface area contributed by atoms with E-state index in [0.29, 0.717) is 37.4 Å². The first-order valence-electron chi connectivity index (χ1n) is 9.47. The van der Waals surface area contributed by atoms with E-state index in [1.165, 1.54) is 4.90 Å². The third-order valence-corrected chi connectivity index (χ3v) is 4.43. The number of ether oxygens (including phenoxy) is 2. The van der Waals surface area contributed by atoms with E-state index in [0.717, 1.165) is 6.42 Å². The Bertz CT molecular complexity index is 659. The van der Waals surface area contributed by atoms with Gasteiger partial charge in [-0.25, -0.2) is 0 Å². The van der Waals surface area contributed by atoms with Gasteiger partial charge in [0.1, 0.15) is 11.8 Å². The lowest BCUT2D eigenvalue weighted by atomic mass is 10.1. The topological polar surface area (TPSA) is 84.9 Å². The zero-order valence-corrected chi connectivity index (χ0v) is 16.2. The first-order chi connectivity index (χ1) is 13.0. The molecule has 7 nitrogen and oxygen atoms in total. The zero-order chi connectivity index (χ0) is 19.8. The smallest absolute Gasteiger partial charge is 0.308 e. The van der Waals surface area contributed by atoms with Gasteiger partial charge in [-0.05, 0) is 44.0 Å². The molecule has 2 rings (SSSR count). The molecule has 0 bridgehead atoms. The normalized spacial score (nSPS) is 17.8. The van der Waals surface area contributed by atoms with Gasteiger partial charge in [0.2, 0.25) is 5.91 Å². The molecule has 0 aliphatic carbocycles. The molecule has 1 fully saturated rings. The van der Waals surface area contributed by atoms with E-state index in [-0.39, 0.29) is 24.3 Å². The molecule has 2 unspecified atom stereocenters. The number of hydrogen-bond acceptors (Lipinski definition) is 5. The number of rotatable bonds is 8. The molecule has 148 valence electrons. The van der Waals surface area contributed by atoms with Crippen molar-refractivity contribution < 1.29 is 23.9 Å². The van der Waals surface area contributed by atoms with Crippen LogP contribution in [-0.4, -0.2) is 54.5 Å². The molecule has 0 aromatic heterocycles. The summed E-state index contributed by atoms with van der Waals surface area (Å²) in [7, 11) is 0. The van der Waals surface area contributed by atoms with Crippen LogP contribution in [-0.2, 0) is 14.3 Å². The Labute approximate surface area is 160 Å². The van der Waals surface area contributed by atoms with Crippen molar-refractivity contribution in [2.24, 2.45) is 0 Å². The molecule has 1 N–H and O–H groups in total. The number of esters is 1. The number of hydrogen-bond donors (Lipinski definition) is 1. The van der Waals surface area contributed by atoms with Gasteiger partial charge in [0, 0.05) is 18.7 Å². The highest BCUT2D eigenvalue weighted by molar-refractivity contribution is 5.99. The van der Waals surface area contributed by atoms with Crippen molar-refractivity contribution in [1.29, 1.82) is 0 Å². The third kappa shape index (κ3) is 5.70. The fourth-order valence-electron chi connectivity index (χ4n) is 2.75. The van der Waals surface area contributed by atoms with Crippen molar-refractivity contribution in [3.8, 4) is 5.75 Å². The maximum Gasteiger partial charge on any atom is 0.308 e. The predicted molar refractivity (Wildman–Crippen MR) is 101 cm³/mol. The van der Waals surface area contributed by atoms with Gasteiger partial charge in [-0.2, -0.15) is 0 Å². The monoisotopic (exact) mass is 376 g/mol. The van der Waals surface area contributed by atoms with Crippen LogP contribution < -0.4 is 10.1 Å².